The Labute approximate surface area is 175 Å². The summed E-state index contributed by atoms with van der Waals surface area (Å²) >= 11 is 5.95. The fourth-order valence-electron chi connectivity index (χ4n) is 2.93. The van der Waals surface area contributed by atoms with Crippen molar-refractivity contribution in [3.05, 3.63) is 94.8 Å². The van der Waals surface area contributed by atoms with Gasteiger partial charge in [-0.05, 0) is 60.5 Å². The van der Waals surface area contributed by atoms with Gasteiger partial charge < -0.3 is 15.7 Å². The molecule has 3 aromatic rings. The third kappa shape index (κ3) is 6.98. The summed E-state index contributed by atoms with van der Waals surface area (Å²) in [5, 5.41) is 17.0. The van der Waals surface area contributed by atoms with Gasteiger partial charge in [0.15, 0.2) is 0 Å². The fourth-order valence-corrected chi connectivity index (χ4v) is 3.13. The van der Waals surface area contributed by atoms with Crippen LogP contribution in [0.5, 0.6) is 0 Å². The number of hydrogen-bond donors (Lipinski definition) is 3. The van der Waals surface area contributed by atoms with E-state index in [9.17, 15) is 9.90 Å². The molecular formula is C23H24ClN3O2. The van der Waals surface area contributed by atoms with Crippen molar-refractivity contribution in [1.29, 1.82) is 0 Å². The Bertz CT molecular complexity index is 917. The number of rotatable bonds is 9. The van der Waals surface area contributed by atoms with Crippen LogP contribution in [-0.2, 0) is 17.6 Å². The maximum Gasteiger partial charge on any atom is 0.230 e. The van der Waals surface area contributed by atoms with E-state index in [0.717, 1.165) is 35.5 Å². The molecule has 0 spiro atoms. The normalized spacial score (nSPS) is 11.8. The molecule has 3 rings (SSSR count). The first-order valence-corrected chi connectivity index (χ1v) is 9.91. The summed E-state index contributed by atoms with van der Waals surface area (Å²) in [5.74, 6) is -0.0897. The standard InChI is InChI=1S/C23H24ClN3O2/c24-19-5-3-4-18(14-19)22(28)16-25-13-11-17-7-9-20(10-8-17)27-23(29)15-21-6-1-2-12-26-21/h1-10,12,14,22,25,28H,11,13,15-16H2,(H,27,29). The lowest BCUT2D eigenvalue weighted by atomic mass is 10.1. The SMILES string of the molecule is O=C(Cc1ccccn1)Nc1ccc(CCNCC(O)c2cccc(Cl)c2)cc1. The average Bonchev–Trinajstić information content (AvgIpc) is 2.73. The number of hydrogen-bond acceptors (Lipinski definition) is 4. The number of carbonyl (C=O) groups is 1. The van der Waals surface area contributed by atoms with E-state index in [1.54, 1.807) is 18.3 Å². The molecule has 0 aliphatic heterocycles. The lowest BCUT2D eigenvalue weighted by Gasteiger charge is -2.12. The highest BCUT2D eigenvalue weighted by Gasteiger charge is 2.07. The van der Waals surface area contributed by atoms with Gasteiger partial charge in [0.05, 0.1) is 12.5 Å². The lowest BCUT2D eigenvalue weighted by Crippen LogP contribution is -2.23. The summed E-state index contributed by atoms with van der Waals surface area (Å²) in [6, 6.07) is 20.6. The number of aromatic nitrogens is 1. The van der Waals surface area contributed by atoms with Crippen LogP contribution >= 0.6 is 11.6 Å². The smallest absolute Gasteiger partial charge is 0.230 e. The molecule has 0 aliphatic rings. The summed E-state index contributed by atoms with van der Waals surface area (Å²) in [5.41, 5.74) is 3.46. The van der Waals surface area contributed by atoms with Gasteiger partial charge in [-0.25, -0.2) is 0 Å². The zero-order valence-electron chi connectivity index (χ0n) is 16.0. The predicted octanol–water partition coefficient (Wildman–Crippen LogP) is 3.78. The highest BCUT2D eigenvalue weighted by Crippen LogP contribution is 2.17. The van der Waals surface area contributed by atoms with Crippen LogP contribution in [0.15, 0.2) is 72.9 Å². The predicted molar refractivity (Wildman–Crippen MR) is 116 cm³/mol. The minimum absolute atomic E-state index is 0.0897. The molecular weight excluding hydrogens is 386 g/mol. The summed E-state index contributed by atoms with van der Waals surface area (Å²) < 4.78 is 0. The summed E-state index contributed by atoms with van der Waals surface area (Å²) in [4.78, 5) is 16.2. The van der Waals surface area contributed by atoms with Gasteiger partial charge in [0.25, 0.3) is 0 Å². The van der Waals surface area contributed by atoms with Crippen LogP contribution in [0.2, 0.25) is 5.02 Å². The Kier molecular flexibility index (Phi) is 7.76. The largest absolute Gasteiger partial charge is 0.387 e. The van der Waals surface area contributed by atoms with Crippen molar-refractivity contribution in [1.82, 2.24) is 10.3 Å². The molecule has 3 N–H and O–H groups in total. The van der Waals surface area contributed by atoms with E-state index in [1.807, 2.05) is 54.6 Å². The fraction of sp³-hybridized carbons (Fsp3) is 0.217. The number of benzene rings is 2. The molecule has 1 amide bonds. The molecule has 0 aliphatic carbocycles. The number of anilines is 1. The van der Waals surface area contributed by atoms with Gasteiger partial charge in [-0.3, -0.25) is 9.78 Å². The van der Waals surface area contributed by atoms with Crippen LogP contribution < -0.4 is 10.6 Å². The zero-order valence-corrected chi connectivity index (χ0v) is 16.8. The van der Waals surface area contributed by atoms with Gasteiger partial charge in [-0.1, -0.05) is 41.9 Å². The highest BCUT2D eigenvalue weighted by atomic mass is 35.5. The molecule has 0 fully saturated rings. The molecule has 1 atom stereocenters. The number of aliphatic hydroxyl groups is 1. The number of aliphatic hydroxyl groups excluding tert-OH is 1. The minimum Gasteiger partial charge on any atom is -0.387 e. The molecule has 2 aromatic carbocycles. The topological polar surface area (TPSA) is 74.2 Å². The van der Waals surface area contributed by atoms with E-state index in [1.165, 1.54) is 0 Å². The van der Waals surface area contributed by atoms with Crippen LogP contribution in [0.4, 0.5) is 5.69 Å². The lowest BCUT2D eigenvalue weighted by molar-refractivity contribution is -0.115. The van der Waals surface area contributed by atoms with Crippen LogP contribution in [0.25, 0.3) is 0 Å². The van der Waals surface area contributed by atoms with Crippen LogP contribution in [0.1, 0.15) is 22.9 Å². The Morgan fingerprint density at radius 2 is 1.90 bits per heavy atom. The highest BCUT2D eigenvalue weighted by molar-refractivity contribution is 6.30. The first-order valence-electron chi connectivity index (χ1n) is 9.53. The molecule has 0 radical (unpaired) electrons. The van der Waals surface area contributed by atoms with E-state index in [2.05, 4.69) is 15.6 Å². The van der Waals surface area contributed by atoms with Gasteiger partial charge in [0.2, 0.25) is 5.91 Å². The quantitative estimate of drug-likeness (QED) is 0.470. The van der Waals surface area contributed by atoms with E-state index in [-0.39, 0.29) is 12.3 Å². The molecule has 6 heteroatoms. The third-order valence-corrected chi connectivity index (χ3v) is 4.70. The number of nitrogens with one attached hydrogen (secondary N) is 2. The number of nitrogens with zero attached hydrogens (tertiary/aromatic N) is 1. The summed E-state index contributed by atoms with van der Waals surface area (Å²) in [6.45, 7) is 1.20. The van der Waals surface area contributed by atoms with Crippen LogP contribution in [-0.4, -0.2) is 29.1 Å². The second-order valence-corrected chi connectivity index (χ2v) is 7.20. The molecule has 0 saturated carbocycles. The monoisotopic (exact) mass is 409 g/mol. The molecule has 5 nitrogen and oxygen atoms in total. The maximum atomic E-state index is 12.1. The van der Waals surface area contributed by atoms with Gasteiger partial charge in [0, 0.05) is 29.1 Å². The molecule has 1 heterocycles. The molecule has 1 aromatic heterocycles. The van der Waals surface area contributed by atoms with Crippen molar-refractivity contribution >= 4 is 23.2 Å². The van der Waals surface area contributed by atoms with Crippen molar-refractivity contribution in [3.63, 3.8) is 0 Å². The molecule has 1 unspecified atom stereocenters. The Balaban J connectivity index is 1.39. The maximum absolute atomic E-state index is 12.1. The first-order chi connectivity index (χ1) is 14.1. The zero-order chi connectivity index (χ0) is 20.5. The van der Waals surface area contributed by atoms with Crippen LogP contribution in [0.3, 0.4) is 0 Å². The van der Waals surface area contributed by atoms with Gasteiger partial charge in [-0.2, -0.15) is 0 Å². The van der Waals surface area contributed by atoms with Crippen molar-refractivity contribution in [2.45, 2.75) is 18.9 Å². The average molecular weight is 410 g/mol. The number of amides is 1. The second-order valence-electron chi connectivity index (χ2n) is 6.77. The molecule has 0 saturated heterocycles. The van der Waals surface area contributed by atoms with E-state index in [0.29, 0.717) is 11.6 Å². The summed E-state index contributed by atoms with van der Waals surface area (Å²) in [7, 11) is 0. The number of carbonyl (C=O) groups excluding carboxylic acids is 1. The van der Waals surface area contributed by atoms with Crippen molar-refractivity contribution in [3.8, 4) is 0 Å². The minimum atomic E-state index is -0.592. The Morgan fingerprint density at radius 1 is 1.07 bits per heavy atom. The number of halogens is 1. The van der Waals surface area contributed by atoms with Crippen LogP contribution in [0, 0.1) is 0 Å². The van der Waals surface area contributed by atoms with Crippen molar-refractivity contribution in [2.75, 3.05) is 18.4 Å². The second kappa shape index (κ2) is 10.7. The van der Waals surface area contributed by atoms with Gasteiger partial charge in [-0.15, -0.1) is 0 Å². The number of pyridine rings is 1. The third-order valence-electron chi connectivity index (χ3n) is 4.47. The van der Waals surface area contributed by atoms with E-state index >= 15 is 0 Å². The van der Waals surface area contributed by atoms with Crippen molar-refractivity contribution in [2.24, 2.45) is 0 Å². The van der Waals surface area contributed by atoms with E-state index in [4.69, 9.17) is 11.6 Å². The summed E-state index contributed by atoms with van der Waals surface area (Å²) in [6.07, 6.45) is 2.16. The van der Waals surface area contributed by atoms with Crippen molar-refractivity contribution < 1.29 is 9.90 Å². The van der Waals surface area contributed by atoms with Gasteiger partial charge in [0.1, 0.15) is 0 Å². The Morgan fingerprint density at radius 3 is 2.62 bits per heavy atom. The first kappa shape index (κ1) is 21.0. The Hall–Kier alpha value is -2.73. The van der Waals surface area contributed by atoms with E-state index < -0.39 is 6.10 Å². The molecule has 29 heavy (non-hydrogen) atoms. The van der Waals surface area contributed by atoms with Gasteiger partial charge >= 0.3 is 0 Å². The molecule has 0 bridgehead atoms. The molecule has 150 valence electrons.